The lowest BCUT2D eigenvalue weighted by Crippen LogP contribution is -2.06. The van der Waals surface area contributed by atoms with E-state index in [1.165, 1.54) is 6.20 Å². The smallest absolute Gasteiger partial charge is 0.227 e. The van der Waals surface area contributed by atoms with Crippen LogP contribution in [0.3, 0.4) is 0 Å². The van der Waals surface area contributed by atoms with Gasteiger partial charge in [0.1, 0.15) is 0 Å². The first-order chi connectivity index (χ1) is 4.59. The first-order valence-electron chi connectivity index (χ1n) is 2.62. The molecule has 0 aromatic heterocycles. The Hall–Kier alpha value is -0.290. The molecule has 0 radical (unpaired) electrons. The van der Waals surface area contributed by atoms with Crippen molar-refractivity contribution in [3.8, 4) is 0 Å². The third-order valence-corrected chi connectivity index (χ3v) is 4.31. The maximum Gasteiger partial charge on any atom is 0.227 e. The fourth-order valence-electron chi connectivity index (χ4n) is 0.583. The Kier molecular flexibility index (Phi) is 1.87. The summed E-state index contributed by atoms with van der Waals surface area (Å²) in [5.74, 6) is 0. The number of allylic oxidation sites excluding steroid dienone is 1. The highest BCUT2D eigenvalue weighted by molar-refractivity contribution is 8.36. The van der Waals surface area contributed by atoms with Crippen LogP contribution in [-0.2, 0) is 9.84 Å². The van der Waals surface area contributed by atoms with E-state index in [0.717, 1.165) is 11.8 Å². The molecule has 1 aliphatic rings. The zero-order valence-electron chi connectivity index (χ0n) is 5.66. The Balaban J connectivity index is 3.14. The van der Waals surface area contributed by atoms with Crippen molar-refractivity contribution in [3.05, 3.63) is 11.1 Å². The molecule has 0 amide bonds. The summed E-state index contributed by atoms with van der Waals surface area (Å²) in [6, 6.07) is 0. The van der Waals surface area contributed by atoms with Crippen molar-refractivity contribution in [1.29, 1.82) is 0 Å². The fourth-order valence-corrected chi connectivity index (χ4v) is 2.67. The molecule has 0 bridgehead atoms. The van der Waals surface area contributed by atoms with Gasteiger partial charge in [0.2, 0.25) is 9.84 Å². The van der Waals surface area contributed by atoms with Gasteiger partial charge in [-0.2, -0.15) is 0 Å². The number of thioether (sulfide) groups is 1. The van der Waals surface area contributed by atoms with Gasteiger partial charge in [0, 0.05) is 6.20 Å². The predicted molar refractivity (Wildman–Crippen MR) is 43.6 cm³/mol. The van der Waals surface area contributed by atoms with E-state index in [1.54, 1.807) is 13.2 Å². The lowest BCUT2D eigenvalue weighted by atomic mass is 10.7. The number of rotatable bonds is 0. The molecule has 0 saturated carbocycles. The first kappa shape index (κ1) is 7.81. The van der Waals surface area contributed by atoms with E-state index in [-0.39, 0.29) is 4.38 Å². The highest BCUT2D eigenvalue weighted by atomic mass is 32.3. The van der Waals surface area contributed by atoms with E-state index in [9.17, 15) is 8.42 Å². The summed E-state index contributed by atoms with van der Waals surface area (Å²) in [5.41, 5.74) is 0. The van der Waals surface area contributed by atoms with E-state index in [4.69, 9.17) is 0 Å². The van der Waals surface area contributed by atoms with Crippen LogP contribution in [0.1, 0.15) is 6.92 Å². The Morgan fingerprint density at radius 2 is 2.20 bits per heavy atom. The van der Waals surface area contributed by atoms with Gasteiger partial charge >= 0.3 is 0 Å². The van der Waals surface area contributed by atoms with Crippen molar-refractivity contribution in [2.24, 2.45) is 4.99 Å². The van der Waals surface area contributed by atoms with Gasteiger partial charge in [0.15, 0.2) is 4.38 Å². The van der Waals surface area contributed by atoms with Gasteiger partial charge in [0.05, 0.1) is 4.91 Å². The van der Waals surface area contributed by atoms with E-state index in [1.807, 2.05) is 0 Å². The summed E-state index contributed by atoms with van der Waals surface area (Å²) < 4.78 is 22.4. The van der Waals surface area contributed by atoms with Crippen LogP contribution in [0.5, 0.6) is 0 Å². The number of hydrogen-bond acceptors (Lipinski definition) is 4. The highest BCUT2D eigenvalue weighted by Gasteiger charge is 2.24. The normalized spacial score (nSPS) is 22.2. The van der Waals surface area contributed by atoms with Gasteiger partial charge < -0.3 is 0 Å². The number of hydrogen-bond donors (Lipinski definition) is 0. The van der Waals surface area contributed by atoms with Gasteiger partial charge in [-0.15, -0.1) is 0 Å². The molecular weight excluding hydrogens is 170 g/mol. The molecule has 0 atom stereocenters. The fraction of sp³-hybridized carbons (Fsp3) is 0.400. The Bertz CT molecular complexity index is 300. The summed E-state index contributed by atoms with van der Waals surface area (Å²) in [7, 11) is -3.14. The largest absolute Gasteiger partial charge is 0.237 e. The summed E-state index contributed by atoms with van der Waals surface area (Å²) in [4.78, 5) is 4.05. The van der Waals surface area contributed by atoms with Crippen molar-refractivity contribution in [3.63, 3.8) is 0 Å². The molecule has 0 spiro atoms. The molecule has 1 rings (SSSR count). The third kappa shape index (κ3) is 0.992. The first-order valence-corrected chi connectivity index (χ1v) is 5.33. The second kappa shape index (κ2) is 2.39. The SMILES string of the molecule is CSC1=NC=C(C)S1(=O)=O. The van der Waals surface area contributed by atoms with Crippen molar-refractivity contribution >= 4 is 26.0 Å². The molecule has 0 aliphatic carbocycles. The molecule has 3 nitrogen and oxygen atoms in total. The molecule has 0 N–H and O–H groups in total. The summed E-state index contributed by atoms with van der Waals surface area (Å²) in [6.07, 6.45) is 3.07. The molecule has 1 heterocycles. The van der Waals surface area contributed by atoms with Crippen molar-refractivity contribution < 1.29 is 8.42 Å². The summed E-state index contributed by atoms with van der Waals surface area (Å²) >= 11 is 1.15. The predicted octanol–water partition coefficient (Wildman–Crippen LogP) is 0.995. The van der Waals surface area contributed by atoms with Gasteiger partial charge in [-0.1, -0.05) is 11.8 Å². The van der Waals surface area contributed by atoms with E-state index < -0.39 is 9.84 Å². The second-order valence-corrected chi connectivity index (χ2v) is 4.93. The third-order valence-electron chi connectivity index (χ3n) is 1.18. The number of aliphatic imine (C=N–C) groups is 1. The van der Waals surface area contributed by atoms with Crippen LogP contribution in [0, 0.1) is 0 Å². The molecule has 5 heteroatoms. The zero-order chi connectivity index (χ0) is 7.78. The lowest BCUT2D eigenvalue weighted by molar-refractivity contribution is 0.613. The van der Waals surface area contributed by atoms with E-state index in [2.05, 4.69) is 4.99 Å². The summed E-state index contributed by atoms with van der Waals surface area (Å²) in [6.45, 7) is 1.54. The minimum atomic E-state index is -3.14. The van der Waals surface area contributed by atoms with Crippen LogP contribution >= 0.6 is 11.8 Å². The quantitative estimate of drug-likeness (QED) is 0.554. The van der Waals surface area contributed by atoms with Gasteiger partial charge in [0.25, 0.3) is 0 Å². The molecule has 0 saturated heterocycles. The Morgan fingerprint density at radius 1 is 1.60 bits per heavy atom. The molecule has 0 aromatic rings. The Morgan fingerprint density at radius 3 is 2.40 bits per heavy atom. The van der Waals surface area contributed by atoms with Crippen LogP contribution < -0.4 is 0 Å². The van der Waals surface area contributed by atoms with Crippen molar-refractivity contribution in [2.45, 2.75) is 6.92 Å². The van der Waals surface area contributed by atoms with Crippen LogP contribution in [0.2, 0.25) is 0 Å². The standard InChI is InChI=1S/C5H7NO2S2/c1-4-3-6-5(9-2)10(4,7)8/h3H,1-2H3. The maximum absolute atomic E-state index is 11.1. The molecule has 10 heavy (non-hydrogen) atoms. The monoisotopic (exact) mass is 177 g/mol. The van der Waals surface area contributed by atoms with Gasteiger partial charge in [-0.3, -0.25) is 0 Å². The number of nitrogens with zero attached hydrogens (tertiary/aromatic N) is 1. The Labute approximate surface area is 64.1 Å². The molecule has 1 aliphatic heterocycles. The number of sulfone groups is 1. The average Bonchev–Trinajstić information content (AvgIpc) is 2.10. The average molecular weight is 177 g/mol. The van der Waals surface area contributed by atoms with Crippen molar-refractivity contribution in [1.82, 2.24) is 0 Å². The second-order valence-electron chi connectivity index (χ2n) is 1.84. The van der Waals surface area contributed by atoms with E-state index >= 15 is 0 Å². The molecule has 0 aromatic carbocycles. The van der Waals surface area contributed by atoms with Crippen LogP contribution in [0.25, 0.3) is 0 Å². The van der Waals surface area contributed by atoms with Gasteiger partial charge in [-0.05, 0) is 13.2 Å². The zero-order valence-corrected chi connectivity index (χ0v) is 7.29. The van der Waals surface area contributed by atoms with Crippen molar-refractivity contribution in [2.75, 3.05) is 6.26 Å². The molecule has 0 unspecified atom stereocenters. The van der Waals surface area contributed by atoms with Crippen LogP contribution in [-0.4, -0.2) is 19.0 Å². The molecule has 0 fully saturated rings. The topological polar surface area (TPSA) is 46.5 Å². The maximum atomic E-state index is 11.1. The minimum absolute atomic E-state index is 0.199. The minimum Gasteiger partial charge on any atom is -0.237 e. The van der Waals surface area contributed by atoms with Crippen LogP contribution in [0.15, 0.2) is 16.1 Å². The molecular formula is C5H7NO2S2. The lowest BCUT2D eigenvalue weighted by Gasteiger charge is -1.94. The highest BCUT2D eigenvalue weighted by Crippen LogP contribution is 2.21. The van der Waals surface area contributed by atoms with E-state index in [0.29, 0.717) is 4.91 Å². The van der Waals surface area contributed by atoms with Crippen LogP contribution in [0.4, 0.5) is 0 Å². The van der Waals surface area contributed by atoms with Gasteiger partial charge in [-0.25, -0.2) is 13.4 Å². The molecule has 56 valence electrons. The summed E-state index contributed by atoms with van der Waals surface area (Å²) in [5, 5.41) is 0.